The summed E-state index contributed by atoms with van der Waals surface area (Å²) in [6.45, 7) is 20.1. The maximum atomic E-state index is 9.04. The lowest BCUT2D eigenvalue weighted by atomic mass is 9.83. The predicted molar refractivity (Wildman–Crippen MR) is 191 cm³/mol. The van der Waals surface area contributed by atoms with E-state index in [1.807, 2.05) is 22.8 Å². The van der Waals surface area contributed by atoms with E-state index in [4.69, 9.17) is 6.85 Å². The van der Waals surface area contributed by atoms with Gasteiger partial charge in [0, 0.05) is 32.8 Å². The molecule has 7 rings (SSSR count). The number of fused-ring (bicyclic) bond motifs is 6. The molecule has 7 aromatic rings. The van der Waals surface area contributed by atoms with E-state index in [2.05, 4.69) is 121 Å². The standard InChI is InChI=1S/C42H44N2/c1-40(2,3)27-19-22-35-32(25-27)33-26-28(41(4,5)6)20-23-36(33)44(35)37-24-21-31-30-17-13-14-18-34(30)43(29-15-11-10-12-16-29)39(31)38(37)42(7,8)9/h10-26H,1-9H3/i10D,11D,12D,15D,16D. The normalized spacial score (nSPS) is 14.7. The lowest BCUT2D eigenvalue weighted by Gasteiger charge is -2.27. The molecule has 0 atom stereocenters. The summed E-state index contributed by atoms with van der Waals surface area (Å²) in [5, 5.41) is 4.33. The van der Waals surface area contributed by atoms with Gasteiger partial charge in [-0.25, -0.2) is 0 Å². The van der Waals surface area contributed by atoms with Gasteiger partial charge in [-0.3, -0.25) is 0 Å². The number of hydrogen-bond acceptors (Lipinski definition) is 0. The number of aromatic nitrogens is 2. The molecule has 2 aromatic heterocycles. The van der Waals surface area contributed by atoms with Gasteiger partial charge in [0.2, 0.25) is 0 Å². The fourth-order valence-electron chi connectivity index (χ4n) is 6.78. The van der Waals surface area contributed by atoms with Gasteiger partial charge in [0.1, 0.15) is 0 Å². The van der Waals surface area contributed by atoms with Gasteiger partial charge in [-0.1, -0.05) is 117 Å². The number of benzene rings is 5. The molecule has 0 saturated heterocycles. The number of nitrogens with zero attached hydrogens (tertiary/aromatic N) is 2. The van der Waals surface area contributed by atoms with Crippen molar-refractivity contribution in [3.05, 3.63) is 120 Å². The van der Waals surface area contributed by atoms with Crippen LogP contribution in [-0.2, 0) is 16.2 Å². The lowest BCUT2D eigenvalue weighted by Crippen LogP contribution is -2.17. The lowest BCUT2D eigenvalue weighted by molar-refractivity contribution is 0.590. The maximum Gasteiger partial charge on any atom is 0.0645 e. The summed E-state index contributed by atoms with van der Waals surface area (Å²) in [5.41, 5.74) is 8.13. The molecule has 5 aromatic carbocycles. The Balaban J connectivity index is 1.71. The second-order valence-electron chi connectivity index (χ2n) is 15.2. The monoisotopic (exact) mass is 581 g/mol. The van der Waals surface area contributed by atoms with E-state index in [-0.39, 0.29) is 40.7 Å². The van der Waals surface area contributed by atoms with Crippen LogP contribution >= 0.6 is 0 Å². The highest BCUT2D eigenvalue weighted by molar-refractivity contribution is 6.13. The minimum absolute atomic E-state index is 0.0232. The maximum absolute atomic E-state index is 9.04. The van der Waals surface area contributed by atoms with Crippen LogP contribution in [-0.4, -0.2) is 9.13 Å². The summed E-state index contributed by atoms with van der Waals surface area (Å²) in [4.78, 5) is 0. The zero-order valence-electron chi connectivity index (χ0n) is 32.3. The molecule has 0 N–H and O–H groups in total. The molecule has 0 unspecified atom stereocenters. The first-order valence-corrected chi connectivity index (χ1v) is 15.6. The molecule has 0 spiro atoms. The van der Waals surface area contributed by atoms with E-state index in [0.717, 1.165) is 44.1 Å². The summed E-state index contributed by atoms with van der Waals surface area (Å²) in [6.07, 6.45) is 0. The van der Waals surface area contributed by atoms with Crippen LogP contribution in [0.1, 0.15) is 85.9 Å². The number of para-hydroxylation sites is 2. The van der Waals surface area contributed by atoms with Gasteiger partial charge in [0.25, 0.3) is 0 Å². The van der Waals surface area contributed by atoms with Gasteiger partial charge in [0.15, 0.2) is 0 Å². The molecule has 2 heteroatoms. The van der Waals surface area contributed by atoms with Gasteiger partial charge in [-0.05, 0) is 75.9 Å². The van der Waals surface area contributed by atoms with Gasteiger partial charge in [0.05, 0.1) is 34.6 Å². The Morgan fingerprint density at radius 2 is 1.05 bits per heavy atom. The molecule has 0 fully saturated rings. The largest absolute Gasteiger partial charge is 0.309 e. The smallest absolute Gasteiger partial charge is 0.0645 e. The Hall–Kier alpha value is -4.30. The average molecular weight is 582 g/mol. The van der Waals surface area contributed by atoms with E-state index in [9.17, 15) is 0 Å². The molecule has 2 heterocycles. The second-order valence-corrected chi connectivity index (χ2v) is 15.2. The number of rotatable bonds is 2. The van der Waals surface area contributed by atoms with Gasteiger partial charge < -0.3 is 9.13 Å². The molecular weight excluding hydrogens is 532 g/mol. The van der Waals surface area contributed by atoms with E-state index >= 15 is 0 Å². The first-order valence-electron chi connectivity index (χ1n) is 18.1. The zero-order valence-corrected chi connectivity index (χ0v) is 27.3. The van der Waals surface area contributed by atoms with Crippen molar-refractivity contribution in [1.82, 2.24) is 9.13 Å². The summed E-state index contributed by atoms with van der Waals surface area (Å²) >= 11 is 0. The molecule has 44 heavy (non-hydrogen) atoms. The summed E-state index contributed by atoms with van der Waals surface area (Å²) < 4.78 is 47.8. The Kier molecular flexibility index (Phi) is 5.05. The minimum Gasteiger partial charge on any atom is -0.309 e. The summed E-state index contributed by atoms with van der Waals surface area (Å²) in [6, 6.07) is 24.4. The van der Waals surface area contributed by atoms with Gasteiger partial charge in [-0.15, -0.1) is 0 Å². The Morgan fingerprint density at radius 1 is 0.500 bits per heavy atom. The third-order valence-electron chi connectivity index (χ3n) is 9.01. The highest BCUT2D eigenvalue weighted by Crippen LogP contribution is 2.44. The average Bonchev–Trinajstić information content (AvgIpc) is 3.53. The summed E-state index contributed by atoms with van der Waals surface area (Å²) in [7, 11) is 0. The van der Waals surface area contributed by atoms with Crippen molar-refractivity contribution < 1.29 is 6.85 Å². The molecule has 0 bridgehead atoms. The van der Waals surface area contributed by atoms with Crippen LogP contribution in [0.2, 0.25) is 0 Å². The predicted octanol–water partition coefficient (Wildman–Crippen LogP) is 11.8. The highest BCUT2D eigenvalue weighted by Gasteiger charge is 2.29. The van der Waals surface area contributed by atoms with Crippen molar-refractivity contribution in [3.8, 4) is 11.4 Å². The summed E-state index contributed by atoms with van der Waals surface area (Å²) in [5.74, 6) is 0. The van der Waals surface area contributed by atoms with E-state index < -0.39 is 11.5 Å². The van der Waals surface area contributed by atoms with Crippen molar-refractivity contribution in [2.45, 2.75) is 78.6 Å². The molecular formula is C42H44N2. The zero-order chi connectivity index (χ0) is 35.5. The van der Waals surface area contributed by atoms with Crippen LogP contribution in [0.4, 0.5) is 0 Å². The molecule has 0 aliphatic rings. The van der Waals surface area contributed by atoms with Crippen molar-refractivity contribution in [2.24, 2.45) is 0 Å². The molecule has 0 aliphatic carbocycles. The number of hydrogen-bond donors (Lipinski definition) is 0. The minimum atomic E-state index is -0.409. The molecule has 2 nitrogen and oxygen atoms in total. The fourth-order valence-corrected chi connectivity index (χ4v) is 6.78. The molecule has 222 valence electrons. The Morgan fingerprint density at radius 3 is 1.59 bits per heavy atom. The third kappa shape index (κ3) is 4.38. The van der Waals surface area contributed by atoms with Crippen LogP contribution in [0.5, 0.6) is 0 Å². The van der Waals surface area contributed by atoms with Crippen molar-refractivity contribution in [1.29, 1.82) is 0 Å². The van der Waals surface area contributed by atoms with E-state index in [1.165, 1.54) is 21.9 Å². The Bertz CT molecular complexity index is 2390. The van der Waals surface area contributed by atoms with Crippen LogP contribution in [0.15, 0.2) is 103 Å². The quantitative estimate of drug-likeness (QED) is 0.192. The first kappa shape index (κ1) is 23.1. The molecule has 0 saturated carbocycles. The van der Waals surface area contributed by atoms with Crippen molar-refractivity contribution in [2.75, 3.05) is 0 Å². The SMILES string of the molecule is [2H]c1c([2H])c([2H])c(-n2c3ccccc3c3ccc(-n4c5ccc(C(C)(C)C)cc5c5cc(C(C)(C)C)ccc54)c(C(C)(C)C)c32)c([2H])c1[2H]. The van der Waals surface area contributed by atoms with Gasteiger partial charge in [-0.2, -0.15) is 0 Å². The Labute approximate surface area is 269 Å². The van der Waals surface area contributed by atoms with Crippen molar-refractivity contribution >= 4 is 43.6 Å². The molecule has 0 aliphatic heterocycles. The van der Waals surface area contributed by atoms with Gasteiger partial charge >= 0.3 is 0 Å². The van der Waals surface area contributed by atoms with Crippen LogP contribution in [0.25, 0.3) is 55.0 Å². The van der Waals surface area contributed by atoms with E-state index in [0.29, 0.717) is 0 Å². The molecule has 0 amide bonds. The topological polar surface area (TPSA) is 9.86 Å². The molecule has 0 radical (unpaired) electrons. The van der Waals surface area contributed by atoms with Crippen LogP contribution < -0.4 is 0 Å². The van der Waals surface area contributed by atoms with Crippen LogP contribution in [0.3, 0.4) is 0 Å². The van der Waals surface area contributed by atoms with Crippen LogP contribution in [0, 0.1) is 0 Å². The third-order valence-corrected chi connectivity index (χ3v) is 9.01. The van der Waals surface area contributed by atoms with E-state index in [1.54, 1.807) is 0 Å². The highest BCUT2D eigenvalue weighted by atomic mass is 15.0. The fraction of sp³-hybridized carbons (Fsp3) is 0.286. The van der Waals surface area contributed by atoms with Crippen molar-refractivity contribution in [3.63, 3.8) is 0 Å². The first-order chi connectivity index (χ1) is 22.8. The second kappa shape index (κ2) is 9.60.